The zero-order valence-corrected chi connectivity index (χ0v) is 22.3. The van der Waals surface area contributed by atoms with Gasteiger partial charge in [-0.3, -0.25) is 9.59 Å². The molecule has 40 heavy (non-hydrogen) atoms. The van der Waals surface area contributed by atoms with Crippen molar-refractivity contribution < 1.29 is 32.7 Å². The van der Waals surface area contributed by atoms with Gasteiger partial charge in [-0.2, -0.15) is 13.2 Å². The molecule has 212 valence electrons. The van der Waals surface area contributed by atoms with E-state index in [4.69, 9.17) is 5.73 Å². The number of carboxylic acids is 1. The third kappa shape index (κ3) is 4.75. The normalized spacial score (nSPS) is 20.2. The van der Waals surface area contributed by atoms with E-state index in [1.807, 2.05) is 11.9 Å². The zero-order valence-electron chi connectivity index (χ0n) is 21.5. The van der Waals surface area contributed by atoms with E-state index in [9.17, 15) is 32.7 Å². The Labute approximate surface area is 230 Å². The standard InChI is InChI=1S/C25H26F3N7O4S/c1-33-7-9-35(10-8-33)21(37)19(20(29)36)25(31-16-11-13(22(38)39)3-6-17(16)34(25)2)32-23-30-15-5-4-14(24(26,27)28)12-18(15)40-23/h3-6,11-12,19,31H,7-10H2,1-2H3,(H2,29,36)(H,30,32)(H,38,39). The van der Waals surface area contributed by atoms with Crippen molar-refractivity contribution >= 4 is 55.8 Å². The van der Waals surface area contributed by atoms with Crippen LogP contribution < -0.4 is 21.3 Å². The number of likely N-dealkylation sites (N-methyl/N-ethyl adjacent to an activating group) is 1. The molecule has 1 saturated heterocycles. The zero-order chi connectivity index (χ0) is 29.0. The highest BCUT2D eigenvalue weighted by molar-refractivity contribution is 7.22. The predicted molar refractivity (Wildman–Crippen MR) is 143 cm³/mol. The summed E-state index contributed by atoms with van der Waals surface area (Å²) in [5.74, 6) is -5.99. The number of piperazine rings is 1. The van der Waals surface area contributed by atoms with Crippen LogP contribution in [0, 0.1) is 5.92 Å². The lowest BCUT2D eigenvalue weighted by Crippen LogP contribution is -2.68. The number of alkyl halides is 3. The molecule has 5 N–H and O–H groups in total. The first-order valence-electron chi connectivity index (χ1n) is 12.2. The van der Waals surface area contributed by atoms with Gasteiger partial charge in [0.25, 0.3) is 0 Å². The Morgan fingerprint density at radius 3 is 2.45 bits per heavy atom. The Morgan fingerprint density at radius 2 is 1.82 bits per heavy atom. The number of hydrogen-bond donors (Lipinski definition) is 4. The second-order valence-electron chi connectivity index (χ2n) is 9.78. The quantitative estimate of drug-likeness (QED) is 0.325. The lowest BCUT2D eigenvalue weighted by molar-refractivity contribution is -0.144. The summed E-state index contributed by atoms with van der Waals surface area (Å²) in [4.78, 5) is 48.1. The maximum atomic E-state index is 13.9. The number of nitrogens with one attached hydrogen (secondary N) is 2. The van der Waals surface area contributed by atoms with Gasteiger partial charge >= 0.3 is 12.1 Å². The van der Waals surface area contributed by atoms with E-state index in [1.165, 1.54) is 29.2 Å². The van der Waals surface area contributed by atoms with Gasteiger partial charge < -0.3 is 36.2 Å². The number of fused-ring (bicyclic) bond motifs is 2. The molecule has 0 saturated carbocycles. The second kappa shape index (κ2) is 9.82. The van der Waals surface area contributed by atoms with Crippen molar-refractivity contribution in [2.24, 2.45) is 11.7 Å². The summed E-state index contributed by atoms with van der Waals surface area (Å²) in [5.41, 5.74) is 6.06. The molecule has 2 unspecified atom stereocenters. The molecule has 2 aromatic carbocycles. The number of primary amides is 1. The molecular weight excluding hydrogens is 551 g/mol. The maximum absolute atomic E-state index is 13.9. The largest absolute Gasteiger partial charge is 0.478 e. The Bertz CT molecular complexity index is 1510. The third-order valence-corrected chi connectivity index (χ3v) is 8.17. The number of carbonyl (C=O) groups is 3. The van der Waals surface area contributed by atoms with Gasteiger partial charge in [0.15, 0.2) is 11.0 Å². The van der Waals surface area contributed by atoms with E-state index in [1.54, 1.807) is 11.9 Å². The monoisotopic (exact) mass is 577 g/mol. The molecule has 0 radical (unpaired) electrons. The van der Waals surface area contributed by atoms with Crippen LogP contribution in [0.25, 0.3) is 10.2 Å². The Morgan fingerprint density at radius 1 is 1.12 bits per heavy atom. The van der Waals surface area contributed by atoms with Crippen molar-refractivity contribution in [1.82, 2.24) is 14.8 Å². The molecule has 11 nitrogen and oxygen atoms in total. The number of carbonyl (C=O) groups excluding carboxylic acids is 2. The minimum Gasteiger partial charge on any atom is -0.478 e. The third-order valence-electron chi connectivity index (χ3n) is 7.24. The van der Waals surface area contributed by atoms with E-state index < -0.39 is 41.2 Å². The number of aromatic nitrogens is 1. The molecule has 2 aliphatic rings. The van der Waals surface area contributed by atoms with E-state index in [0.29, 0.717) is 37.6 Å². The minimum absolute atomic E-state index is 0.0314. The molecule has 0 spiro atoms. The molecule has 3 aromatic rings. The number of halogens is 3. The number of anilines is 3. The highest BCUT2D eigenvalue weighted by atomic mass is 32.1. The van der Waals surface area contributed by atoms with E-state index in [0.717, 1.165) is 23.5 Å². The smallest absolute Gasteiger partial charge is 0.416 e. The van der Waals surface area contributed by atoms with Gasteiger partial charge in [-0.25, -0.2) is 9.78 Å². The van der Waals surface area contributed by atoms with Crippen molar-refractivity contribution in [2.45, 2.75) is 12.0 Å². The van der Waals surface area contributed by atoms with E-state index in [2.05, 4.69) is 15.6 Å². The molecule has 3 heterocycles. The summed E-state index contributed by atoms with van der Waals surface area (Å²) < 4.78 is 40.1. The molecule has 2 atom stereocenters. The Kier molecular flexibility index (Phi) is 6.74. The van der Waals surface area contributed by atoms with Crippen LogP contribution in [0.3, 0.4) is 0 Å². The van der Waals surface area contributed by atoms with Crippen LogP contribution in [-0.4, -0.2) is 83.7 Å². The van der Waals surface area contributed by atoms with E-state index >= 15 is 0 Å². The lowest BCUT2D eigenvalue weighted by atomic mass is 9.96. The van der Waals surface area contributed by atoms with Crippen LogP contribution in [-0.2, 0) is 15.8 Å². The average Bonchev–Trinajstić information content (AvgIpc) is 3.40. The number of hydrogen-bond acceptors (Lipinski definition) is 9. The maximum Gasteiger partial charge on any atom is 0.416 e. The Balaban J connectivity index is 1.60. The number of benzene rings is 2. The van der Waals surface area contributed by atoms with Crippen LogP contribution in [0.5, 0.6) is 0 Å². The van der Waals surface area contributed by atoms with Crippen LogP contribution >= 0.6 is 11.3 Å². The molecule has 0 aliphatic carbocycles. The molecule has 0 bridgehead atoms. The van der Waals surface area contributed by atoms with Gasteiger partial charge in [0, 0.05) is 33.2 Å². The van der Waals surface area contributed by atoms with Gasteiger partial charge in [0.1, 0.15) is 0 Å². The number of nitrogens with two attached hydrogens (primary N) is 1. The van der Waals surface area contributed by atoms with Crippen LogP contribution in [0.2, 0.25) is 0 Å². The second-order valence-corrected chi connectivity index (χ2v) is 10.8. The number of aromatic carboxylic acids is 1. The topological polar surface area (TPSA) is 144 Å². The van der Waals surface area contributed by atoms with Gasteiger partial charge in [-0.05, 0) is 43.4 Å². The number of rotatable bonds is 6. The van der Waals surface area contributed by atoms with Gasteiger partial charge in [0.05, 0.1) is 32.7 Å². The minimum atomic E-state index is -4.55. The molecule has 2 amide bonds. The van der Waals surface area contributed by atoms with Crippen molar-refractivity contribution in [3.8, 4) is 0 Å². The summed E-state index contributed by atoms with van der Waals surface area (Å²) in [5, 5.41) is 15.8. The molecule has 5 rings (SSSR count). The first kappa shape index (κ1) is 27.5. The van der Waals surface area contributed by atoms with Crippen molar-refractivity contribution in [3.63, 3.8) is 0 Å². The van der Waals surface area contributed by atoms with Crippen LogP contribution in [0.1, 0.15) is 15.9 Å². The van der Waals surface area contributed by atoms with Crippen molar-refractivity contribution in [2.75, 3.05) is 55.8 Å². The number of carboxylic acid groups (broad SMARTS) is 1. The summed E-state index contributed by atoms with van der Waals surface area (Å²) in [6, 6.07) is 7.42. The van der Waals surface area contributed by atoms with Gasteiger partial charge in [-0.1, -0.05) is 11.3 Å². The summed E-state index contributed by atoms with van der Waals surface area (Å²) in [7, 11) is 3.51. The molecule has 1 fully saturated rings. The van der Waals surface area contributed by atoms with Crippen molar-refractivity contribution in [3.05, 3.63) is 47.5 Å². The average molecular weight is 578 g/mol. The van der Waals surface area contributed by atoms with Gasteiger partial charge in [-0.15, -0.1) is 0 Å². The SMILES string of the molecule is CN1CCN(C(=O)C(C(N)=O)C2(Nc3nc4ccc(C(F)(F)F)cc4s3)Nc3cc(C(=O)O)ccc3N2C)CC1. The molecular formula is C25H26F3N7O4S. The number of amides is 2. The highest BCUT2D eigenvalue weighted by Crippen LogP contribution is 2.45. The van der Waals surface area contributed by atoms with Gasteiger partial charge in [0.2, 0.25) is 17.6 Å². The van der Waals surface area contributed by atoms with E-state index in [-0.39, 0.29) is 20.9 Å². The molecule has 15 heteroatoms. The van der Waals surface area contributed by atoms with Crippen LogP contribution in [0.15, 0.2) is 36.4 Å². The first-order chi connectivity index (χ1) is 18.8. The fourth-order valence-corrected chi connectivity index (χ4v) is 5.99. The number of nitrogens with zero attached hydrogens (tertiary/aromatic N) is 4. The summed E-state index contributed by atoms with van der Waals surface area (Å²) >= 11 is 0.912. The molecule has 1 aromatic heterocycles. The molecule has 2 aliphatic heterocycles. The lowest BCUT2D eigenvalue weighted by Gasteiger charge is -2.44. The summed E-state index contributed by atoms with van der Waals surface area (Å²) in [6.45, 7) is 1.89. The fourth-order valence-electron chi connectivity index (χ4n) is 5.03. The van der Waals surface area contributed by atoms with Crippen LogP contribution in [0.4, 0.5) is 29.7 Å². The first-order valence-corrected chi connectivity index (χ1v) is 13.0. The highest BCUT2D eigenvalue weighted by Gasteiger charge is 2.56. The summed E-state index contributed by atoms with van der Waals surface area (Å²) in [6.07, 6.45) is -4.55. The number of thiazole rings is 1. The fraction of sp³-hybridized carbons (Fsp3) is 0.360. The Hall–Kier alpha value is -4.11. The van der Waals surface area contributed by atoms with Crippen molar-refractivity contribution in [1.29, 1.82) is 0 Å². The predicted octanol–water partition coefficient (Wildman–Crippen LogP) is 2.52.